The lowest BCUT2D eigenvalue weighted by atomic mass is 10.1. The first-order valence-corrected chi connectivity index (χ1v) is 11.6. The topological polar surface area (TPSA) is 93.2 Å². The first kappa shape index (κ1) is 19.5. The van der Waals surface area contributed by atoms with Crippen LogP contribution in [0.5, 0.6) is 0 Å². The number of hydrogen-bond donors (Lipinski definition) is 1. The molecule has 142 valence electrons. The summed E-state index contributed by atoms with van der Waals surface area (Å²) < 4.78 is 51.5. The van der Waals surface area contributed by atoms with Crippen molar-refractivity contribution in [1.82, 2.24) is 9.71 Å². The lowest BCUT2D eigenvalue weighted by Gasteiger charge is -2.16. The van der Waals surface area contributed by atoms with Gasteiger partial charge in [-0.15, -0.1) is 0 Å². The highest BCUT2D eigenvalue weighted by Gasteiger charge is 2.21. The molecule has 0 bridgehead atoms. The Morgan fingerprint density at radius 1 is 1.00 bits per heavy atom. The molecule has 0 radical (unpaired) electrons. The van der Waals surface area contributed by atoms with E-state index < -0.39 is 25.9 Å². The average Bonchev–Trinajstić information content (AvgIpc) is 2.60. The van der Waals surface area contributed by atoms with Gasteiger partial charge < -0.3 is 0 Å². The van der Waals surface area contributed by atoms with Crippen LogP contribution in [0.25, 0.3) is 10.9 Å². The van der Waals surface area contributed by atoms with Crippen LogP contribution in [0, 0.1) is 6.92 Å². The molecule has 1 unspecified atom stereocenters. The zero-order valence-electron chi connectivity index (χ0n) is 15.2. The minimum atomic E-state index is -3.82. The molecular formula is C19H20N2O4S2. The van der Waals surface area contributed by atoms with Crippen molar-refractivity contribution in [2.24, 2.45) is 0 Å². The quantitative estimate of drug-likeness (QED) is 0.706. The van der Waals surface area contributed by atoms with Gasteiger partial charge in [-0.3, -0.25) is 4.98 Å². The molecule has 3 aromatic rings. The van der Waals surface area contributed by atoms with Gasteiger partial charge in [0.05, 0.1) is 10.4 Å². The van der Waals surface area contributed by atoms with Gasteiger partial charge >= 0.3 is 0 Å². The Morgan fingerprint density at radius 3 is 2.30 bits per heavy atom. The molecule has 0 saturated heterocycles. The number of fused-ring (bicyclic) bond motifs is 1. The number of sulfonamides is 1. The number of benzene rings is 2. The highest BCUT2D eigenvalue weighted by atomic mass is 32.2. The largest absolute Gasteiger partial charge is 0.255 e. The lowest BCUT2D eigenvalue weighted by Crippen LogP contribution is -2.27. The van der Waals surface area contributed by atoms with Gasteiger partial charge in [0.2, 0.25) is 10.0 Å². The van der Waals surface area contributed by atoms with Crippen LogP contribution in [0.1, 0.15) is 24.1 Å². The van der Waals surface area contributed by atoms with Crippen LogP contribution >= 0.6 is 0 Å². The highest BCUT2D eigenvalue weighted by molar-refractivity contribution is 7.90. The van der Waals surface area contributed by atoms with Crippen molar-refractivity contribution in [3.63, 3.8) is 0 Å². The van der Waals surface area contributed by atoms with Crippen molar-refractivity contribution in [3.05, 3.63) is 65.9 Å². The van der Waals surface area contributed by atoms with E-state index in [0.717, 1.165) is 17.2 Å². The normalized spacial score (nSPS) is 13.6. The fourth-order valence-electron chi connectivity index (χ4n) is 2.83. The summed E-state index contributed by atoms with van der Waals surface area (Å²) in [5.74, 6) is 0. The molecule has 1 N–H and O–H groups in total. The van der Waals surface area contributed by atoms with E-state index in [1.807, 2.05) is 19.1 Å². The van der Waals surface area contributed by atoms with Crippen molar-refractivity contribution >= 4 is 30.8 Å². The highest BCUT2D eigenvalue weighted by Crippen LogP contribution is 2.24. The summed E-state index contributed by atoms with van der Waals surface area (Å²) in [6.45, 7) is 3.60. The van der Waals surface area contributed by atoms with Crippen LogP contribution in [0.2, 0.25) is 0 Å². The van der Waals surface area contributed by atoms with Crippen molar-refractivity contribution in [2.45, 2.75) is 29.7 Å². The van der Waals surface area contributed by atoms with Crippen LogP contribution in [0.4, 0.5) is 0 Å². The number of sulfone groups is 1. The monoisotopic (exact) mass is 404 g/mol. The number of pyridine rings is 1. The second-order valence-electron chi connectivity index (χ2n) is 6.52. The summed E-state index contributed by atoms with van der Waals surface area (Å²) in [6, 6.07) is 12.5. The molecule has 1 atom stereocenters. The smallest absolute Gasteiger partial charge is 0.243 e. The number of hydrogen-bond acceptors (Lipinski definition) is 5. The molecule has 6 nitrogen and oxygen atoms in total. The van der Waals surface area contributed by atoms with Gasteiger partial charge in [-0.1, -0.05) is 24.3 Å². The SMILES string of the molecule is Cc1cnc2c(S(=O)(=O)NC(C)c3ccc(S(C)(=O)=O)cc3)cccc2c1. The van der Waals surface area contributed by atoms with Crippen LogP contribution in [-0.4, -0.2) is 28.1 Å². The Bertz CT molecular complexity index is 1200. The summed E-state index contributed by atoms with van der Waals surface area (Å²) >= 11 is 0. The molecular weight excluding hydrogens is 384 g/mol. The Hall–Kier alpha value is -2.29. The molecule has 0 aliphatic rings. The van der Waals surface area contributed by atoms with Crippen LogP contribution in [0.3, 0.4) is 0 Å². The number of rotatable bonds is 5. The fourth-order valence-corrected chi connectivity index (χ4v) is 4.87. The Kier molecular flexibility index (Phi) is 5.07. The first-order valence-electron chi connectivity index (χ1n) is 8.26. The molecule has 0 aliphatic carbocycles. The fraction of sp³-hybridized carbons (Fsp3) is 0.211. The number of para-hydroxylation sites is 1. The van der Waals surface area contributed by atoms with Gasteiger partial charge in [0, 0.05) is 23.9 Å². The van der Waals surface area contributed by atoms with E-state index in [1.54, 1.807) is 31.3 Å². The van der Waals surface area contributed by atoms with E-state index in [1.165, 1.54) is 18.2 Å². The van der Waals surface area contributed by atoms with Crippen LogP contribution in [-0.2, 0) is 19.9 Å². The van der Waals surface area contributed by atoms with Crippen molar-refractivity contribution in [3.8, 4) is 0 Å². The van der Waals surface area contributed by atoms with Gasteiger partial charge in [0.15, 0.2) is 9.84 Å². The van der Waals surface area contributed by atoms with E-state index in [0.29, 0.717) is 11.1 Å². The van der Waals surface area contributed by atoms with Crippen molar-refractivity contribution in [2.75, 3.05) is 6.26 Å². The molecule has 0 aliphatic heterocycles. The lowest BCUT2D eigenvalue weighted by molar-refractivity contribution is 0.567. The number of aromatic nitrogens is 1. The molecule has 27 heavy (non-hydrogen) atoms. The molecule has 8 heteroatoms. The molecule has 1 heterocycles. The standard InChI is InChI=1S/C19H20N2O4S2/c1-13-11-16-5-4-6-18(19(16)20-12-13)27(24,25)21-14(2)15-7-9-17(10-8-15)26(3,22)23/h4-12,14,21H,1-3H3. The number of aryl methyl sites for hydroxylation is 1. The third-order valence-electron chi connectivity index (χ3n) is 4.24. The van der Waals surface area contributed by atoms with E-state index in [4.69, 9.17) is 0 Å². The maximum atomic E-state index is 12.9. The average molecular weight is 405 g/mol. The van der Waals surface area contributed by atoms with E-state index in [2.05, 4.69) is 9.71 Å². The van der Waals surface area contributed by atoms with E-state index in [-0.39, 0.29) is 9.79 Å². The minimum Gasteiger partial charge on any atom is -0.255 e. The summed E-state index contributed by atoms with van der Waals surface area (Å²) in [5.41, 5.74) is 2.02. The van der Waals surface area contributed by atoms with E-state index in [9.17, 15) is 16.8 Å². The van der Waals surface area contributed by atoms with Crippen LogP contribution in [0.15, 0.2) is 64.5 Å². The van der Waals surface area contributed by atoms with Gasteiger partial charge in [-0.2, -0.15) is 0 Å². The van der Waals surface area contributed by atoms with Crippen molar-refractivity contribution < 1.29 is 16.8 Å². The molecule has 0 fully saturated rings. The molecule has 0 spiro atoms. The zero-order valence-corrected chi connectivity index (χ0v) is 16.8. The van der Waals surface area contributed by atoms with Gasteiger partial charge in [-0.05, 0) is 49.2 Å². The van der Waals surface area contributed by atoms with Gasteiger partial charge in [0.25, 0.3) is 0 Å². The second kappa shape index (κ2) is 7.03. The third kappa shape index (κ3) is 4.18. The maximum absolute atomic E-state index is 12.9. The predicted octanol–water partition coefficient (Wildman–Crippen LogP) is 2.99. The molecule has 1 aromatic heterocycles. The number of nitrogens with zero attached hydrogens (tertiary/aromatic N) is 1. The third-order valence-corrected chi connectivity index (χ3v) is 6.94. The summed E-state index contributed by atoms with van der Waals surface area (Å²) in [4.78, 5) is 4.58. The first-order chi connectivity index (χ1) is 12.6. The van der Waals surface area contributed by atoms with Gasteiger partial charge in [-0.25, -0.2) is 21.6 Å². The number of nitrogens with one attached hydrogen (secondary N) is 1. The molecule has 3 rings (SSSR count). The maximum Gasteiger partial charge on any atom is 0.243 e. The summed E-state index contributed by atoms with van der Waals surface area (Å²) in [5, 5.41) is 0.753. The summed E-state index contributed by atoms with van der Waals surface area (Å²) in [7, 11) is -7.11. The Morgan fingerprint density at radius 2 is 1.67 bits per heavy atom. The predicted molar refractivity (Wildman–Crippen MR) is 105 cm³/mol. The van der Waals surface area contributed by atoms with E-state index >= 15 is 0 Å². The molecule has 2 aromatic carbocycles. The Labute approximate surface area is 159 Å². The summed E-state index contributed by atoms with van der Waals surface area (Å²) in [6.07, 6.45) is 2.76. The zero-order chi connectivity index (χ0) is 19.8. The second-order valence-corrected chi connectivity index (χ2v) is 10.2. The minimum absolute atomic E-state index is 0.111. The van der Waals surface area contributed by atoms with Crippen molar-refractivity contribution in [1.29, 1.82) is 0 Å². The Balaban J connectivity index is 1.93. The van der Waals surface area contributed by atoms with Gasteiger partial charge in [0.1, 0.15) is 4.90 Å². The van der Waals surface area contributed by atoms with Crippen LogP contribution < -0.4 is 4.72 Å². The molecule has 0 amide bonds. The molecule has 0 saturated carbocycles.